The van der Waals surface area contributed by atoms with E-state index in [-0.39, 0.29) is 11.8 Å². The van der Waals surface area contributed by atoms with E-state index in [0.29, 0.717) is 31.2 Å². The van der Waals surface area contributed by atoms with Gasteiger partial charge >= 0.3 is 0 Å². The number of nitrogens with one attached hydrogen (secondary N) is 2. The molecule has 0 saturated carbocycles. The maximum atomic E-state index is 11.9. The van der Waals surface area contributed by atoms with Gasteiger partial charge in [-0.3, -0.25) is 9.59 Å². The van der Waals surface area contributed by atoms with Crippen molar-refractivity contribution < 1.29 is 9.59 Å². The SMILES string of the molecule is CCNC(=NCc1ccc(C(=O)N(C)C)cc1)NCC(C)(C)C(N)=O. The van der Waals surface area contributed by atoms with Gasteiger partial charge in [0.15, 0.2) is 5.96 Å². The summed E-state index contributed by atoms with van der Waals surface area (Å²) in [7, 11) is 3.45. The monoisotopic (exact) mass is 347 g/mol. The number of carbonyl (C=O) groups is 2. The van der Waals surface area contributed by atoms with Gasteiger partial charge < -0.3 is 21.3 Å². The van der Waals surface area contributed by atoms with Crippen molar-refractivity contribution in [1.29, 1.82) is 0 Å². The summed E-state index contributed by atoms with van der Waals surface area (Å²) in [4.78, 5) is 29.3. The zero-order chi connectivity index (χ0) is 19.0. The van der Waals surface area contributed by atoms with Crippen LogP contribution in [-0.4, -0.2) is 49.9 Å². The fourth-order valence-corrected chi connectivity index (χ4v) is 1.91. The van der Waals surface area contributed by atoms with Crippen molar-refractivity contribution in [3.05, 3.63) is 35.4 Å². The van der Waals surface area contributed by atoms with Crippen LogP contribution in [0.25, 0.3) is 0 Å². The normalized spacial score (nSPS) is 11.8. The number of rotatable bonds is 7. The van der Waals surface area contributed by atoms with E-state index in [0.717, 1.165) is 5.56 Å². The van der Waals surface area contributed by atoms with Crippen LogP contribution in [0, 0.1) is 5.41 Å². The van der Waals surface area contributed by atoms with Crippen LogP contribution in [0.1, 0.15) is 36.7 Å². The number of amides is 2. The number of nitrogens with zero attached hydrogens (tertiary/aromatic N) is 2. The molecule has 1 aromatic rings. The van der Waals surface area contributed by atoms with Crippen LogP contribution in [0.4, 0.5) is 0 Å². The van der Waals surface area contributed by atoms with Crippen LogP contribution in [-0.2, 0) is 11.3 Å². The predicted molar refractivity (Wildman–Crippen MR) is 100 cm³/mol. The van der Waals surface area contributed by atoms with Gasteiger partial charge in [0, 0.05) is 32.7 Å². The molecule has 1 aromatic carbocycles. The van der Waals surface area contributed by atoms with Crippen LogP contribution in [0.3, 0.4) is 0 Å². The third-order valence-corrected chi connectivity index (χ3v) is 3.74. The van der Waals surface area contributed by atoms with E-state index in [9.17, 15) is 9.59 Å². The summed E-state index contributed by atoms with van der Waals surface area (Å²) in [5, 5.41) is 6.27. The van der Waals surface area contributed by atoms with E-state index in [4.69, 9.17) is 5.73 Å². The predicted octanol–water partition coefficient (Wildman–Crippen LogP) is 0.955. The minimum absolute atomic E-state index is 0.0289. The minimum Gasteiger partial charge on any atom is -0.369 e. The molecule has 0 atom stereocenters. The van der Waals surface area contributed by atoms with Crippen molar-refractivity contribution >= 4 is 17.8 Å². The van der Waals surface area contributed by atoms with Crippen LogP contribution in [0.5, 0.6) is 0 Å². The van der Waals surface area contributed by atoms with Gasteiger partial charge in [0.25, 0.3) is 5.91 Å². The zero-order valence-corrected chi connectivity index (χ0v) is 15.7. The third kappa shape index (κ3) is 6.45. The van der Waals surface area contributed by atoms with Gasteiger partial charge in [0.1, 0.15) is 0 Å². The molecular formula is C18H29N5O2. The molecule has 0 heterocycles. The second-order valence-electron chi connectivity index (χ2n) is 6.69. The van der Waals surface area contributed by atoms with Gasteiger partial charge in [-0.25, -0.2) is 4.99 Å². The number of benzene rings is 1. The van der Waals surface area contributed by atoms with E-state index >= 15 is 0 Å². The van der Waals surface area contributed by atoms with Crippen molar-refractivity contribution in [3.63, 3.8) is 0 Å². The number of aliphatic imine (C=N–C) groups is 1. The molecule has 25 heavy (non-hydrogen) atoms. The Morgan fingerprint density at radius 1 is 1.16 bits per heavy atom. The van der Waals surface area contributed by atoms with E-state index < -0.39 is 5.41 Å². The van der Waals surface area contributed by atoms with E-state index in [1.54, 1.807) is 45.0 Å². The van der Waals surface area contributed by atoms with Crippen LogP contribution in [0.15, 0.2) is 29.3 Å². The Hall–Kier alpha value is -2.57. The molecule has 0 aliphatic carbocycles. The standard InChI is InChI=1S/C18H29N5O2/c1-6-20-17(22-12-18(2,3)16(19)25)21-11-13-7-9-14(10-8-13)15(24)23(4)5/h7-10H,6,11-12H2,1-5H3,(H2,19,25)(H2,20,21,22). The van der Waals surface area contributed by atoms with Gasteiger partial charge in [0.2, 0.25) is 5.91 Å². The number of guanidine groups is 1. The first kappa shape index (κ1) is 20.5. The number of nitrogens with two attached hydrogens (primary N) is 1. The molecule has 1 rings (SSSR count). The highest BCUT2D eigenvalue weighted by Gasteiger charge is 2.24. The lowest BCUT2D eigenvalue weighted by Crippen LogP contribution is -2.46. The fourth-order valence-electron chi connectivity index (χ4n) is 1.91. The Kier molecular flexibility index (Phi) is 7.42. The van der Waals surface area contributed by atoms with E-state index in [1.165, 1.54) is 0 Å². The van der Waals surface area contributed by atoms with E-state index in [1.807, 2.05) is 19.1 Å². The number of primary amides is 1. The van der Waals surface area contributed by atoms with Crippen LogP contribution >= 0.6 is 0 Å². The third-order valence-electron chi connectivity index (χ3n) is 3.74. The molecule has 2 amide bonds. The number of hydrogen-bond acceptors (Lipinski definition) is 3. The molecule has 7 nitrogen and oxygen atoms in total. The highest BCUT2D eigenvalue weighted by molar-refractivity contribution is 5.93. The molecule has 7 heteroatoms. The Morgan fingerprint density at radius 3 is 2.24 bits per heavy atom. The van der Waals surface area contributed by atoms with Crippen molar-refractivity contribution in [3.8, 4) is 0 Å². The molecule has 4 N–H and O–H groups in total. The summed E-state index contributed by atoms with van der Waals surface area (Å²) < 4.78 is 0. The molecule has 0 aliphatic heterocycles. The van der Waals surface area contributed by atoms with Crippen molar-refractivity contribution in [2.75, 3.05) is 27.2 Å². The smallest absolute Gasteiger partial charge is 0.253 e. The quantitative estimate of drug-likeness (QED) is 0.505. The Labute approximate surface area is 149 Å². The second-order valence-corrected chi connectivity index (χ2v) is 6.69. The Bertz CT molecular complexity index is 621. The summed E-state index contributed by atoms with van der Waals surface area (Å²) in [5.74, 6) is 0.223. The maximum Gasteiger partial charge on any atom is 0.253 e. The van der Waals surface area contributed by atoms with Gasteiger partial charge in [-0.1, -0.05) is 12.1 Å². The minimum atomic E-state index is -0.662. The van der Waals surface area contributed by atoms with Crippen molar-refractivity contribution in [2.24, 2.45) is 16.1 Å². The Morgan fingerprint density at radius 2 is 1.76 bits per heavy atom. The van der Waals surface area contributed by atoms with Gasteiger partial charge in [-0.2, -0.15) is 0 Å². The molecule has 0 saturated heterocycles. The van der Waals surface area contributed by atoms with E-state index in [2.05, 4.69) is 15.6 Å². The molecular weight excluding hydrogens is 318 g/mol. The summed E-state index contributed by atoms with van der Waals surface area (Å²) in [6, 6.07) is 7.36. The molecule has 0 spiro atoms. The largest absolute Gasteiger partial charge is 0.369 e. The summed E-state index contributed by atoms with van der Waals surface area (Å²) in [5.41, 5.74) is 6.35. The molecule has 138 valence electrons. The van der Waals surface area contributed by atoms with Crippen LogP contribution in [0.2, 0.25) is 0 Å². The van der Waals surface area contributed by atoms with Crippen molar-refractivity contribution in [2.45, 2.75) is 27.3 Å². The first-order chi connectivity index (χ1) is 11.7. The van der Waals surface area contributed by atoms with Gasteiger partial charge in [-0.15, -0.1) is 0 Å². The summed E-state index contributed by atoms with van der Waals surface area (Å²) in [6.07, 6.45) is 0. The fraction of sp³-hybridized carbons (Fsp3) is 0.500. The number of hydrogen-bond donors (Lipinski definition) is 3. The molecule has 0 fully saturated rings. The topological polar surface area (TPSA) is 99.8 Å². The first-order valence-electron chi connectivity index (χ1n) is 8.30. The summed E-state index contributed by atoms with van der Waals surface area (Å²) in [6.45, 7) is 7.10. The number of carbonyl (C=O) groups excluding carboxylic acids is 2. The first-order valence-corrected chi connectivity index (χ1v) is 8.30. The second kappa shape index (κ2) is 9.05. The highest BCUT2D eigenvalue weighted by atomic mass is 16.2. The van der Waals surface area contributed by atoms with Crippen molar-refractivity contribution in [1.82, 2.24) is 15.5 Å². The highest BCUT2D eigenvalue weighted by Crippen LogP contribution is 2.12. The molecule has 0 bridgehead atoms. The lowest BCUT2D eigenvalue weighted by atomic mass is 9.93. The lowest BCUT2D eigenvalue weighted by molar-refractivity contribution is -0.125. The molecule has 0 unspecified atom stereocenters. The van der Waals surface area contributed by atoms with Crippen LogP contribution < -0.4 is 16.4 Å². The molecule has 0 aromatic heterocycles. The maximum absolute atomic E-state index is 11.9. The lowest BCUT2D eigenvalue weighted by Gasteiger charge is -2.22. The molecule has 0 aliphatic rings. The Balaban J connectivity index is 2.74. The van der Waals surface area contributed by atoms with Gasteiger partial charge in [0.05, 0.1) is 12.0 Å². The average molecular weight is 347 g/mol. The summed E-state index contributed by atoms with van der Waals surface area (Å²) >= 11 is 0. The average Bonchev–Trinajstić information content (AvgIpc) is 2.57. The zero-order valence-electron chi connectivity index (χ0n) is 15.7. The van der Waals surface area contributed by atoms with Gasteiger partial charge in [-0.05, 0) is 38.5 Å². The molecule has 0 radical (unpaired) electrons.